The van der Waals surface area contributed by atoms with Gasteiger partial charge in [0.15, 0.2) is 15.0 Å². The highest BCUT2D eigenvalue weighted by Crippen LogP contribution is 2.39. The second-order valence-corrected chi connectivity index (χ2v) is 10.7. The molecule has 2 aromatic carbocycles. The Labute approximate surface area is 179 Å². The van der Waals surface area contributed by atoms with E-state index < -0.39 is 9.84 Å². The van der Waals surface area contributed by atoms with Crippen molar-refractivity contribution in [2.24, 2.45) is 4.99 Å². The third kappa shape index (κ3) is 4.52. The Kier molecular flexibility index (Phi) is 5.84. The number of sulfone groups is 1. The summed E-state index contributed by atoms with van der Waals surface area (Å²) in [6.45, 7) is 0.399. The van der Waals surface area contributed by atoms with E-state index in [1.54, 1.807) is 19.2 Å². The Morgan fingerprint density at radius 2 is 1.93 bits per heavy atom. The Morgan fingerprint density at radius 3 is 2.67 bits per heavy atom. The van der Waals surface area contributed by atoms with Gasteiger partial charge in [-0.25, -0.2) is 12.8 Å². The summed E-state index contributed by atoms with van der Waals surface area (Å²) in [6.07, 6.45) is 0.0560. The van der Waals surface area contributed by atoms with E-state index in [4.69, 9.17) is 4.74 Å². The third-order valence-electron chi connectivity index (χ3n) is 5.20. The number of thioether (sulfide) groups is 1. The van der Waals surface area contributed by atoms with Crippen LogP contribution in [-0.4, -0.2) is 54.3 Å². The lowest BCUT2D eigenvalue weighted by Crippen LogP contribution is -2.37. The normalized spacial score (nSPS) is 23.5. The molecule has 2 fully saturated rings. The average molecular weight is 449 g/mol. The maximum atomic E-state index is 13.1. The topological polar surface area (TPSA) is 76.0 Å². The summed E-state index contributed by atoms with van der Waals surface area (Å²) in [5, 5.41) is 0.375. The molecule has 0 radical (unpaired) electrons. The molecule has 0 spiro atoms. The minimum Gasteiger partial charge on any atom is -0.496 e. The molecular formula is C21H21FN2O4S2. The van der Waals surface area contributed by atoms with Crippen LogP contribution >= 0.6 is 11.8 Å². The summed E-state index contributed by atoms with van der Waals surface area (Å²) >= 11 is 1.34. The Morgan fingerprint density at radius 1 is 1.20 bits per heavy atom. The van der Waals surface area contributed by atoms with Crippen molar-refractivity contribution in [2.75, 3.05) is 18.6 Å². The Bertz CT molecular complexity index is 1090. The second-order valence-electron chi connectivity index (χ2n) is 7.33. The lowest BCUT2D eigenvalue weighted by molar-refractivity contribution is -0.117. The van der Waals surface area contributed by atoms with E-state index in [9.17, 15) is 17.6 Å². The molecule has 30 heavy (non-hydrogen) atoms. The number of hydrogen-bond acceptors (Lipinski definition) is 5. The molecule has 1 amide bonds. The summed E-state index contributed by atoms with van der Waals surface area (Å²) in [5.41, 5.74) is 1.57. The molecule has 6 nitrogen and oxygen atoms in total. The predicted octanol–water partition coefficient (Wildman–Crippen LogP) is 2.67. The number of amidine groups is 1. The zero-order chi connectivity index (χ0) is 21.3. The van der Waals surface area contributed by atoms with Crippen LogP contribution in [0.2, 0.25) is 0 Å². The van der Waals surface area contributed by atoms with E-state index in [1.807, 2.05) is 29.2 Å². The van der Waals surface area contributed by atoms with E-state index >= 15 is 0 Å². The molecule has 2 heterocycles. The minimum atomic E-state index is -3.12. The summed E-state index contributed by atoms with van der Waals surface area (Å²) in [4.78, 5) is 18.8. The molecule has 2 aromatic rings. The number of methoxy groups -OCH3 is 1. The van der Waals surface area contributed by atoms with Gasteiger partial charge < -0.3 is 9.64 Å². The number of nitrogens with zero attached hydrogens (tertiary/aromatic N) is 2. The van der Waals surface area contributed by atoms with E-state index in [0.29, 0.717) is 23.0 Å². The van der Waals surface area contributed by atoms with Crippen molar-refractivity contribution in [3.63, 3.8) is 0 Å². The highest BCUT2D eigenvalue weighted by atomic mass is 32.2. The van der Waals surface area contributed by atoms with Gasteiger partial charge in [-0.1, -0.05) is 42.1 Å². The van der Waals surface area contributed by atoms with Gasteiger partial charge in [0.25, 0.3) is 5.91 Å². The van der Waals surface area contributed by atoms with Crippen molar-refractivity contribution in [3.8, 4) is 5.75 Å². The maximum absolute atomic E-state index is 13.1. The van der Waals surface area contributed by atoms with Crippen LogP contribution in [0.1, 0.15) is 11.1 Å². The highest BCUT2D eigenvalue weighted by molar-refractivity contribution is 8.15. The third-order valence-corrected chi connectivity index (χ3v) is 8.44. The molecule has 2 atom stereocenters. The van der Waals surface area contributed by atoms with E-state index in [1.165, 1.54) is 23.9 Å². The van der Waals surface area contributed by atoms with Gasteiger partial charge in [-0.3, -0.25) is 4.79 Å². The fourth-order valence-electron chi connectivity index (χ4n) is 3.76. The Hall–Kier alpha value is -2.39. The van der Waals surface area contributed by atoms with E-state index in [2.05, 4.69) is 4.99 Å². The zero-order valence-corrected chi connectivity index (χ0v) is 18.0. The molecule has 0 N–H and O–H groups in total. The quantitative estimate of drug-likeness (QED) is 0.700. The fraction of sp³-hybridized carbons (Fsp3) is 0.333. The van der Waals surface area contributed by atoms with Gasteiger partial charge in [0.2, 0.25) is 0 Å². The highest BCUT2D eigenvalue weighted by Gasteiger charge is 2.48. The maximum Gasteiger partial charge on any atom is 0.252 e. The van der Waals surface area contributed by atoms with Gasteiger partial charge in [0, 0.05) is 17.4 Å². The number of fused-ring (bicyclic) bond motifs is 1. The van der Waals surface area contributed by atoms with Crippen LogP contribution in [0.3, 0.4) is 0 Å². The summed E-state index contributed by atoms with van der Waals surface area (Å²) in [6, 6.07) is 13.0. The van der Waals surface area contributed by atoms with E-state index in [0.717, 1.165) is 5.56 Å². The largest absolute Gasteiger partial charge is 0.496 e. The van der Waals surface area contributed by atoms with Crippen LogP contribution in [0, 0.1) is 5.82 Å². The molecule has 4 rings (SSSR count). The number of para-hydroxylation sites is 1. The minimum absolute atomic E-state index is 0.0466. The number of ether oxygens (including phenoxy) is 1. The summed E-state index contributed by atoms with van der Waals surface area (Å²) < 4.78 is 42.8. The zero-order valence-electron chi connectivity index (χ0n) is 16.3. The van der Waals surface area contributed by atoms with Crippen LogP contribution in [-0.2, 0) is 27.6 Å². The van der Waals surface area contributed by atoms with Crippen LogP contribution in [0.5, 0.6) is 5.75 Å². The van der Waals surface area contributed by atoms with Gasteiger partial charge >= 0.3 is 0 Å². The number of hydrogen-bond donors (Lipinski definition) is 0. The average Bonchev–Trinajstić information content (AvgIpc) is 3.16. The van der Waals surface area contributed by atoms with Gasteiger partial charge in [-0.2, -0.15) is 4.99 Å². The van der Waals surface area contributed by atoms with E-state index in [-0.39, 0.29) is 40.9 Å². The number of carbonyl (C=O) groups is 1. The van der Waals surface area contributed by atoms with Gasteiger partial charge in [-0.15, -0.1) is 0 Å². The number of rotatable bonds is 5. The number of carbonyl (C=O) groups excluding carboxylic acids is 1. The Balaban J connectivity index is 1.59. The first kappa shape index (κ1) is 20.9. The molecular weight excluding hydrogens is 427 g/mol. The SMILES string of the molecule is COc1ccccc1CN1C(=NC(=O)Cc2ccc(F)cc2)S[C@H]2CS(=O)(=O)C[C@@H]21. The summed E-state index contributed by atoms with van der Waals surface area (Å²) in [7, 11) is -1.54. The molecule has 0 saturated carbocycles. The molecule has 158 valence electrons. The van der Waals surface area contributed by atoms with Gasteiger partial charge in [-0.05, 0) is 23.8 Å². The first-order valence-corrected chi connectivity index (χ1v) is 12.2. The molecule has 2 saturated heterocycles. The van der Waals surface area contributed by atoms with Gasteiger partial charge in [0.05, 0.1) is 31.1 Å². The standard InChI is InChI=1S/C21H21FN2O4S2/c1-28-18-5-3-2-4-15(18)11-24-17-12-30(26,27)13-19(17)29-21(24)23-20(25)10-14-6-8-16(22)9-7-14/h2-9,17,19H,10-13H2,1H3/t17-,19-/m0/s1. The molecule has 0 aliphatic carbocycles. The van der Waals surface area contributed by atoms with Crippen molar-refractivity contribution in [1.82, 2.24) is 4.90 Å². The van der Waals surface area contributed by atoms with Crippen molar-refractivity contribution in [3.05, 3.63) is 65.5 Å². The van der Waals surface area contributed by atoms with Crippen molar-refractivity contribution < 1.29 is 22.3 Å². The number of halogens is 1. The van der Waals surface area contributed by atoms with Gasteiger partial charge in [0.1, 0.15) is 11.6 Å². The van der Waals surface area contributed by atoms with Crippen molar-refractivity contribution >= 4 is 32.7 Å². The van der Waals surface area contributed by atoms with Crippen LogP contribution < -0.4 is 4.74 Å². The molecule has 0 bridgehead atoms. The van der Waals surface area contributed by atoms with Crippen molar-refractivity contribution in [1.29, 1.82) is 0 Å². The molecule has 0 aromatic heterocycles. The second kappa shape index (κ2) is 8.39. The molecule has 2 aliphatic heterocycles. The molecule has 9 heteroatoms. The summed E-state index contributed by atoms with van der Waals surface area (Å²) in [5.74, 6) is 0.114. The fourth-order valence-corrected chi connectivity index (χ4v) is 7.73. The van der Waals surface area contributed by atoms with Crippen molar-refractivity contribution in [2.45, 2.75) is 24.3 Å². The predicted molar refractivity (Wildman–Crippen MR) is 115 cm³/mol. The monoisotopic (exact) mass is 448 g/mol. The smallest absolute Gasteiger partial charge is 0.252 e. The first-order chi connectivity index (χ1) is 14.3. The van der Waals surface area contributed by atoms with Crippen LogP contribution in [0.15, 0.2) is 53.5 Å². The first-order valence-electron chi connectivity index (χ1n) is 9.46. The van der Waals surface area contributed by atoms with Crippen LogP contribution in [0.4, 0.5) is 4.39 Å². The molecule has 0 unspecified atom stereocenters. The number of aliphatic imine (C=N–C) groups is 1. The van der Waals surface area contributed by atoms with Crippen LogP contribution in [0.25, 0.3) is 0 Å². The lowest BCUT2D eigenvalue weighted by Gasteiger charge is -2.25. The lowest BCUT2D eigenvalue weighted by atomic mass is 10.1. The molecule has 2 aliphatic rings. The number of benzene rings is 2. The number of amides is 1.